The van der Waals surface area contributed by atoms with Crippen molar-refractivity contribution in [3.8, 4) is 11.3 Å². The molecule has 1 spiro atoms. The molecule has 0 saturated carbocycles. The molecule has 0 bridgehead atoms. The lowest BCUT2D eigenvalue weighted by molar-refractivity contribution is -0.148. The number of amides is 4. The Morgan fingerprint density at radius 3 is 2.47 bits per heavy atom. The first-order chi connectivity index (χ1) is 15.1. The molecule has 5 rings (SSSR count). The first kappa shape index (κ1) is 20.7. The van der Waals surface area contributed by atoms with Gasteiger partial charge in [0.15, 0.2) is 5.41 Å². The standard InChI is InChI=1S/C23H25FN4O4/c1-10-5-11(2)19-23(20(29)25-22(31)26-21(23)30)8-15-6-14(17-12(3)13(4)32-27-17)7-16(24)18(15)28(19)9-10/h6-7,10-11,19H,5,8-9H2,1-4H3,(H2,25,26,29,30,31)/t10-,11+,19+/m0/s1. The average Bonchev–Trinajstić information content (AvgIpc) is 3.03. The Bertz CT molecular complexity index is 1150. The third-order valence-electron chi connectivity index (χ3n) is 7.26. The summed E-state index contributed by atoms with van der Waals surface area (Å²) in [5.41, 5.74) is 1.27. The fourth-order valence-electron chi connectivity index (χ4n) is 5.91. The smallest absolute Gasteiger partial charge is 0.328 e. The number of anilines is 1. The van der Waals surface area contributed by atoms with Crippen molar-refractivity contribution in [2.24, 2.45) is 17.3 Å². The van der Waals surface area contributed by atoms with Gasteiger partial charge in [-0.25, -0.2) is 9.18 Å². The Morgan fingerprint density at radius 1 is 1.16 bits per heavy atom. The number of nitrogens with one attached hydrogen (secondary N) is 2. The number of barbiturate groups is 1. The molecule has 8 nitrogen and oxygen atoms in total. The van der Waals surface area contributed by atoms with Gasteiger partial charge in [0.05, 0.1) is 11.7 Å². The zero-order valence-electron chi connectivity index (χ0n) is 18.4. The Labute approximate surface area is 184 Å². The van der Waals surface area contributed by atoms with E-state index in [1.54, 1.807) is 13.0 Å². The molecule has 32 heavy (non-hydrogen) atoms. The van der Waals surface area contributed by atoms with Crippen LogP contribution in [-0.4, -0.2) is 35.6 Å². The van der Waals surface area contributed by atoms with Gasteiger partial charge in [-0.05, 0) is 56.2 Å². The number of hydrogen-bond acceptors (Lipinski definition) is 6. The van der Waals surface area contributed by atoms with Crippen molar-refractivity contribution in [3.05, 3.63) is 34.8 Å². The molecule has 168 valence electrons. The van der Waals surface area contributed by atoms with Crippen LogP contribution in [0.3, 0.4) is 0 Å². The minimum Gasteiger partial charge on any atom is -0.364 e. The number of piperidine rings is 1. The lowest BCUT2D eigenvalue weighted by Gasteiger charge is -2.55. The topological polar surface area (TPSA) is 105 Å². The summed E-state index contributed by atoms with van der Waals surface area (Å²) >= 11 is 0. The van der Waals surface area contributed by atoms with Crippen molar-refractivity contribution < 1.29 is 23.3 Å². The highest BCUT2D eigenvalue weighted by molar-refractivity contribution is 6.20. The second-order valence-corrected chi connectivity index (χ2v) is 9.48. The number of benzene rings is 1. The minimum atomic E-state index is -1.53. The Morgan fingerprint density at radius 2 is 1.84 bits per heavy atom. The fraction of sp³-hybridized carbons (Fsp3) is 0.478. The van der Waals surface area contributed by atoms with E-state index in [2.05, 4.69) is 22.7 Å². The van der Waals surface area contributed by atoms with E-state index < -0.39 is 35.1 Å². The lowest BCUT2D eigenvalue weighted by Crippen LogP contribution is -2.73. The third kappa shape index (κ3) is 2.73. The van der Waals surface area contributed by atoms with Crippen LogP contribution in [-0.2, 0) is 16.0 Å². The van der Waals surface area contributed by atoms with Gasteiger partial charge in [-0.3, -0.25) is 20.2 Å². The van der Waals surface area contributed by atoms with E-state index in [1.165, 1.54) is 6.07 Å². The number of nitrogens with zero attached hydrogens (tertiary/aromatic N) is 2. The SMILES string of the molecule is Cc1onc(-c2cc(F)c3c(c2)CC2(C(=O)NC(=O)NC2=O)[C@H]2[C@H](C)C[C@H](C)CN32)c1C. The molecule has 2 fully saturated rings. The molecule has 2 N–H and O–H groups in total. The van der Waals surface area contributed by atoms with E-state index in [-0.39, 0.29) is 18.3 Å². The van der Waals surface area contributed by atoms with Crippen LogP contribution in [0.1, 0.15) is 37.2 Å². The zero-order chi connectivity index (χ0) is 22.9. The second kappa shape index (κ2) is 6.88. The van der Waals surface area contributed by atoms with Crippen molar-refractivity contribution in [2.75, 3.05) is 11.4 Å². The number of carbonyl (C=O) groups excluding carboxylic acids is 3. The van der Waals surface area contributed by atoms with Gasteiger partial charge in [0, 0.05) is 17.7 Å². The zero-order valence-corrected chi connectivity index (χ0v) is 18.4. The molecule has 3 aliphatic heterocycles. The molecule has 3 aliphatic rings. The lowest BCUT2D eigenvalue weighted by atomic mass is 9.62. The number of halogens is 1. The van der Waals surface area contributed by atoms with Gasteiger partial charge in [0.2, 0.25) is 11.8 Å². The van der Waals surface area contributed by atoms with Gasteiger partial charge in [0.1, 0.15) is 17.3 Å². The van der Waals surface area contributed by atoms with Crippen molar-refractivity contribution in [3.63, 3.8) is 0 Å². The van der Waals surface area contributed by atoms with Crippen LogP contribution in [0.2, 0.25) is 0 Å². The molecule has 1 aromatic heterocycles. The average molecular weight is 440 g/mol. The van der Waals surface area contributed by atoms with Gasteiger partial charge in [-0.2, -0.15) is 0 Å². The van der Waals surface area contributed by atoms with E-state index in [0.29, 0.717) is 34.8 Å². The number of rotatable bonds is 1. The monoisotopic (exact) mass is 440 g/mol. The molecule has 0 aliphatic carbocycles. The number of carbonyl (C=O) groups is 3. The van der Waals surface area contributed by atoms with Crippen molar-refractivity contribution >= 4 is 23.5 Å². The Kier molecular flexibility index (Phi) is 4.44. The third-order valence-corrected chi connectivity index (χ3v) is 7.26. The van der Waals surface area contributed by atoms with Crippen LogP contribution in [0.4, 0.5) is 14.9 Å². The largest absolute Gasteiger partial charge is 0.364 e. The number of hydrogen-bond donors (Lipinski definition) is 2. The molecule has 4 heterocycles. The summed E-state index contributed by atoms with van der Waals surface area (Å²) in [6, 6.07) is 1.83. The minimum absolute atomic E-state index is 0.00614. The number of aryl methyl sites for hydroxylation is 1. The molecule has 0 radical (unpaired) electrons. The molecular weight excluding hydrogens is 415 g/mol. The van der Waals surface area contributed by atoms with Gasteiger partial charge in [0.25, 0.3) is 0 Å². The van der Waals surface area contributed by atoms with Crippen LogP contribution in [0.5, 0.6) is 0 Å². The summed E-state index contributed by atoms with van der Waals surface area (Å²) in [5, 5.41) is 8.63. The van der Waals surface area contributed by atoms with E-state index in [9.17, 15) is 14.4 Å². The number of imide groups is 2. The van der Waals surface area contributed by atoms with Crippen molar-refractivity contribution in [1.82, 2.24) is 15.8 Å². The number of fused-ring (bicyclic) bond motifs is 4. The van der Waals surface area contributed by atoms with Gasteiger partial charge < -0.3 is 9.42 Å². The van der Waals surface area contributed by atoms with E-state index in [4.69, 9.17) is 4.52 Å². The van der Waals surface area contributed by atoms with Crippen molar-refractivity contribution in [2.45, 2.75) is 46.6 Å². The first-order valence-corrected chi connectivity index (χ1v) is 10.8. The van der Waals surface area contributed by atoms with Gasteiger partial charge in [-0.15, -0.1) is 0 Å². The normalized spacial score (nSPS) is 26.5. The summed E-state index contributed by atoms with van der Waals surface area (Å²) in [5.74, 6) is -0.860. The molecule has 1 aromatic carbocycles. The summed E-state index contributed by atoms with van der Waals surface area (Å²) in [6.45, 7) is 8.19. The molecule has 4 amide bonds. The van der Waals surface area contributed by atoms with Gasteiger partial charge in [-0.1, -0.05) is 19.0 Å². The van der Waals surface area contributed by atoms with E-state index >= 15 is 4.39 Å². The number of aromatic nitrogens is 1. The molecule has 2 saturated heterocycles. The maximum atomic E-state index is 15.6. The predicted octanol–water partition coefficient (Wildman–Crippen LogP) is 2.86. The van der Waals surface area contributed by atoms with E-state index in [1.807, 2.05) is 18.7 Å². The van der Waals surface area contributed by atoms with Gasteiger partial charge >= 0.3 is 6.03 Å². The maximum absolute atomic E-state index is 15.6. The van der Waals surface area contributed by atoms with Crippen LogP contribution in [0.15, 0.2) is 16.7 Å². The second-order valence-electron chi connectivity index (χ2n) is 9.48. The number of urea groups is 1. The highest BCUT2D eigenvalue weighted by atomic mass is 19.1. The summed E-state index contributed by atoms with van der Waals surface area (Å²) in [6.07, 6.45) is 0.789. The quantitative estimate of drug-likeness (QED) is 0.661. The summed E-state index contributed by atoms with van der Waals surface area (Å²) in [7, 11) is 0. The van der Waals surface area contributed by atoms with E-state index in [0.717, 1.165) is 12.0 Å². The Hall–Kier alpha value is -3.23. The summed E-state index contributed by atoms with van der Waals surface area (Å²) < 4.78 is 20.9. The molecule has 0 unspecified atom stereocenters. The highest BCUT2D eigenvalue weighted by Gasteiger charge is 2.62. The van der Waals surface area contributed by atoms with Crippen LogP contribution >= 0.6 is 0 Å². The molecule has 2 aromatic rings. The Balaban J connectivity index is 1.73. The predicted molar refractivity (Wildman–Crippen MR) is 113 cm³/mol. The highest BCUT2D eigenvalue weighted by Crippen LogP contribution is 2.50. The summed E-state index contributed by atoms with van der Waals surface area (Å²) in [4.78, 5) is 40.2. The van der Waals surface area contributed by atoms with Crippen molar-refractivity contribution in [1.29, 1.82) is 0 Å². The molecule has 9 heteroatoms. The maximum Gasteiger partial charge on any atom is 0.328 e. The molecular formula is C23H25FN4O4. The fourth-order valence-corrected chi connectivity index (χ4v) is 5.91. The van der Waals surface area contributed by atoms with Crippen LogP contribution < -0.4 is 15.5 Å². The van der Waals surface area contributed by atoms with Crippen LogP contribution in [0, 0.1) is 36.9 Å². The van der Waals surface area contributed by atoms with Crippen LogP contribution in [0.25, 0.3) is 11.3 Å². The first-order valence-electron chi connectivity index (χ1n) is 10.8. The molecule has 3 atom stereocenters.